The number of epoxide rings is 1. The first-order valence-electron chi connectivity index (χ1n) is 4.36. The third kappa shape index (κ3) is 1.20. The topological polar surface area (TPSA) is 12.5 Å². The van der Waals surface area contributed by atoms with Crippen LogP contribution in [-0.2, 0) is 4.74 Å². The molecule has 2 fully saturated rings. The van der Waals surface area contributed by atoms with Gasteiger partial charge in [0.1, 0.15) is 0 Å². The second kappa shape index (κ2) is 2.54. The number of hydrogen-bond donors (Lipinski definition) is 0. The molecule has 2 rings (SSSR count). The molecule has 0 N–H and O–H groups in total. The summed E-state index contributed by atoms with van der Waals surface area (Å²) in [7, 11) is 0. The summed E-state index contributed by atoms with van der Waals surface area (Å²) in [5, 5.41) is 0. The first kappa shape index (κ1) is 6.66. The summed E-state index contributed by atoms with van der Waals surface area (Å²) in [5.41, 5.74) is 0. The summed E-state index contributed by atoms with van der Waals surface area (Å²) < 4.78 is 5.35. The van der Waals surface area contributed by atoms with E-state index in [0.29, 0.717) is 12.2 Å². The fourth-order valence-electron chi connectivity index (χ4n) is 2.03. The molecule has 2 atom stereocenters. The summed E-state index contributed by atoms with van der Waals surface area (Å²) in [4.78, 5) is 0. The molecule has 1 saturated carbocycles. The van der Waals surface area contributed by atoms with E-state index < -0.39 is 0 Å². The lowest BCUT2D eigenvalue weighted by molar-refractivity contribution is 0.264. The Balaban J connectivity index is 1.81. The van der Waals surface area contributed by atoms with Crippen molar-refractivity contribution in [1.29, 1.82) is 0 Å². The average molecular weight is 139 g/mol. The monoisotopic (exact) mass is 139 g/mol. The van der Waals surface area contributed by atoms with Crippen molar-refractivity contribution in [2.75, 3.05) is 0 Å². The molecule has 0 bridgehead atoms. The molecule has 0 amide bonds. The predicted octanol–water partition coefficient (Wildman–Crippen LogP) is 2.17. The van der Waals surface area contributed by atoms with Crippen molar-refractivity contribution in [3.05, 3.63) is 6.92 Å². The lowest BCUT2D eigenvalue weighted by Crippen LogP contribution is -2.13. The Labute approximate surface area is 62.8 Å². The molecule has 1 saturated heterocycles. The molecule has 2 aliphatic rings. The van der Waals surface area contributed by atoms with Crippen molar-refractivity contribution < 1.29 is 4.74 Å². The van der Waals surface area contributed by atoms with Gasteiger partial charge in [-0.15, -0.1) is 0 Å². The van der Waals surface area contributed by atoms with Crippen molar-refractivity contribution in [2.45, 2.75) is 44.3 Å². The molecule has 1 heterocycles. The van der Waals surface area contributed by atoms with E-state index in [-0.39, 0.29) is 0 Å². The van der Waals surface area contributed by atoms with Gasteiger partial charge in [0.25, 0.3) is 0 Å². The van der Waals surface area contributed by atoms with Gasteiger partial charge in [-0.05, 0) is 25.7 Å². The fourth-order valence-corrected chi connectivity index (χ4v) is 2.03. The Bertz CT molecular complexity index is 116. The smallest absolute Gasteiger partial charge is 0.0869 e. The third-order valence-electron chi connectivity index (χ3n) is 2.74. The first-order valence-corrected chi connectivity index (χ1v) is 4.36. The Kier molecular flexibility index (Phi) is 1.69. The quantitative estimate of drug-likeness (QED) is 0.507. The van der Waals surface area contributed by atoms with E-state index in [0.717, 1.165) is 5.92 Å². The van der Waals surface area contributed by atoms with Gasteiger partial charge < -0.3 is 4.74 Å². The van der Waals surface area contributed by atoms with Crippen molar-refractivity contribution in [3.8, 4) is 0 Å². The van der Waals surface area contributed by atoms with E-state index in [1.807, 2.05) is 0 Å². The van der Waals surface area contributed by atoms with E-state index in [2.05, 4.69) is 6.92 Å². The van der Waals surface area contributed by atoms with Crippen molar-refractivity contribution in [1.82, 2.24) is 0 Å². The predicted molar refractivity (Wildman–Crippen MR) is 40.6 cm³/mol. The maximum atomic E-state index is 5.35. The average Bonchev–Trinajstić information content (AvgIpc) is 2.69. The van der Waals surface area contributed by atoms with Crippen LogP contribution in [0.4, 0.5) is 0 Å². The minimum Gasteiger partial charge on any atom is -0.369 e. The molecule has 0 aromatic heterocycles. The standard InChI is InChI=1S/C9H15O/c1-7-9(10-7)8-5-3-2-4-6-8/h7-9H,1-6H2. The van der Waals surface area contributed by atoms with Gasteiger partial charge in [0.15, 0.2) is 0 Å². The zero-order chi connectivity index (χ0) is 6.97. The Hall–Kier alpha value is -0.0400. The number of rotatable bonds is 1. The van der Waals surface area contributed by atoms with Gasteiger partial charge in [0, 0.05) is 0 Å². The summed E-state index contributed by atoms with van der Waals surface area (Å²) in [6.07, 6.45) is 7.91. The van der Waals surface area contributed by atoms with Crippen LogP contribution in [0.2, 0.25) is 0 Å². The molecule has 57 valence electrons. The zero-order valence-electron chi connectivity index (χ0n) is 6.38. The largest absolute Gasteiger partial charge is 0.369 e. The maximum absolute atomic E-state index is 5.35. The molecular formula is C9H15O. The minimum atomic E-state index is 0.336. The van der Waals surface area contributed by atoms with Gasteiger partial charge in [-0.25, -0.2) is 0 Å². The van der Waals surface area contributed by atoms with Crippen LogP contribution >= 0.6 is 0 Å². The first-order chi connectivity index (χ1) is 4.88. The van der Waals surface area contributed by atoms with Crippen LogP contribution in [0.5, 0.6) is 0 Å². The summed E-state index contributed by atoms with van der Waals surface area (Å²) >= 11 is 0. The van der Waals surface area contributed by atoms with Crippen molar-refractivity contribution in [3.63, 3.8) is 0 Å². The van der Waals surface area contributed by atoms with Crippen LogP contribution in [-0.4, -0.2) is 12.2 Å². The molecule has 0 aromatic carbocycles. The maximum Gasteiger partial charge on any atom is 0.0869 e. The normalized spacial score (nSPS) is 41.7. The van der Waals surface area contributed by atoms with Gasteiger partial charge in [-0.2, -0.15) is 0 Å². The third-order valence-corrected chi connectivity index (χ3v) is 2.74. The zero-order valence-corrected chi connectivity index (χ0v) is 6.38. The molecule has 0 aromatic rings. The molecule has 10 heavy (non-hydrogen) atoms. The van der Waals surface area contributed by atoms with Gasteiger partial charge >= 0.3 is 0 Å². The highest BCUT2D eigenvalue weighted by Crippen LogP contribution is 2.37. The molecule has 1 aliphatic carbocycles. The summed E-state index contributed by atoms with van der Waals surface area (Å²) in [6, 6.07) is 0. The van der Waals surface area contributed by atoms with E-state index in [4.69, 9.17) is 4.74 Å². The van der Waals surface area contributed by atoms with Crippen LogP contribution in [0.3, 0.4) is 0 Å². The summed E-state index contributed by atoms with van der Waals surface area (Å²) in [6.45, 7) is 3.88. The van der Waals surface area contributed by atoms with Crippen LogP contribution in [0.15, 0.2) is 0 Å². The fraction of sp³-hybridized carbons (Fsp3) is 0.889. The number of ether oxygens (including phenoxy) is 1. The lowest BCUT2D eigenvalue weighted by atomic mass is 9.86. The SMILES string of the molecule is [CH2]C1OC1C1CCCCC1. The van der Waals surface area contributed by atoms with E-state index in [1.165, 1.54) is 32.1 Å². The Morgan fingerprint density at radius 2 is 1.70 bits per heavy atom. The highest BCUT2D eigenvalue weighted by atomic mass is 16.6. The second-order valence-electron chi connectivity index (χ2n) is 3.54. The molecule has 1 aliphatic heterocycles. The van der Waals surface area contributed by atoms with Crippen LogP contribution in [0.1, 0.15) is 32.1 Å². The molecule has 1 heteroatoms. The molecule has 1 radical (unpaired) electrons. The van der Waals surface area contributed by atoms with Crippen molar-refractivity contribution in [2.24, 2.45) is 5.92 Å². The molecule has 2 unspecified atom stereocenters. The molecule has 0 spiro atoms. The van der Waals surface area contributed by atoms with Crippen LogP contribution in [0.25, 0.3) is 0 Å². The van der Waals surface area contributed by atoms with Gasteiger partial charge in [-0.3, -0.25) is 0 Å². The lowest BCUT2D eigenvalue weighted by Gasteiger charge is -2.19. The van der Waals surface area contributed by atoms with Gasteiger partial charge in [0.2, 0.25) is 0 Å². The minimum absolute atomic E-state index is 0.336. The van der Waals surface area contributed by atoms with E-state index in [1.54, 1.807) is 0 Å². The van der Waals surface area contributed by atoms with E-state index in [9.17, 15) is 0 Å². The van der Waals surface area contributed by atoms with E-state index >= 15 is 0 Å². The highest BCUT2D eigenvalue weighted by Gasteiger charge is 2.41. The highest BCUT2D eigenvalue weighted by molar-refractivity contribution is 4.92. The number of hydrogen-bond acceptors (Lipinski definition) is 1. The van der Waals surface area contributed by atoms with Gasteiger partial charge in [0.05, 0.1) is 12.2 Å². The molecular weight excluding hydrogens is 124 g/mol. The molecule has 1 nitrogen and oxygen atoms in total. The second-order valence-corrected chi connectivity index (χ2v) is 3.54. The summed E-state index contributed by atoms with van der Waals surface area (Å²) in [5.74, 6) is 0.858. The van der Waals surface area contributed by atoms with Crippen LogP contribution < -0.4 is 0 Å². The van der Waals surface area contributed by atoms with Gasteiger partial charge in [-0.1, -0.05) is 19.3 Å². The Morgan fingerprint density at radius 1 is 1.10 bits per heavy atom. The van der Waals surface area contributed by atoms with Crippen LogP contribution in [0, 0.1) is 12.8 Å². The Morgan fingerprint density at radius 3 is 2.20 bits per heavy atom. The van der Waals surface area contributed by atoms with Crippen molar-refractivity contribution >= 4 is 0 Å².